The highest BCUT2D eigenvalue weighted by atomic mass is 19.1. The molecule has 0 heterocycles. The van der Waals surface area contributed by atoms with Gasteiger partial charge in [-0.2, -0.15) is 0 Å². The van der Waals surface area contributed by atoms with Gasteiger partial charge in [-0.3, -0.25) is 9.59 Å². The Bertz CT molecular complexity index is 489. The van der Waals surface area contributed by atoms with Crippen molar-refractivity contribution in [3.63, 3.8) is 0 Å². The van der Waals surface area contributed by atoms with E-state index in [1.807, 2.05) is 6.92 Å². The molecule has 3 N–H and O–H groups in total. The van der Waals surface area contributed by atoms with Crippen molar-refractivity contribution in [1.82, 2.24) is 0 Å². The zero-order valence-electron chi connectivity index (χ0n) is 11.9. The Hall–Kier alpha value is -1.91. The second-order valence-corrected chi connectivity index (χ2v) is 4.80. The average molecular weight is 280 g/mol. The highest BCUT2D eigenvalue weighted by Gasteiger charge is 2.17. The van der Waals surface area contributed by atoms with Crippen LogP contribution in [0.3, 0.4) is 0 Å². The predicted molar refractivity (Wildman–Crippen MR) is 76.9 cm³/mol. The number of amides is 2. The first-order valence-corrected chi connectivity index (χ1v) is 6.89. The number of hydrogen-bond donors (Lipinski definition) is 2. The molecule has 1 aromatic rings. The van der Waals surface area contributed by atoms with Crippen molar-refractivity contribution >= 4 is 17.5 Å². The second kappa shape index (κ2) is 7.62. The molecule has 1 rings (SSSR count). The van der Waals surface area contributed by atoms with Crippen LogP contribution in [0.4, 0.5) is 10.1 Å². The third kappa shape index (κ3) is 4.33. The van der Waals surface area contributed by atoms with Crippen LogP contribution >= 0.6 is 0 Å². The molecule has 0 fully saturated rings. The van der Waals surface area contributed by atoms with Crippen molar-refractivity contribution < 1.29 is 14.0 Å². The number of halogens is 1. The zero-order valence-corrected chi connectivity index (χ0v) is 11.9. The van der Waals surface area contributed by atoms with Gasteiger partial charge < -0.3 is 11.1 Å². The number of primary amides is 1. The highest BCUT2D eigenvalue weighted by molar-refractivity contribution is 5.97. The largest absolute Gasteiger partial charge is 0.366 e. The van der Waals surface area contributed by atoms with Crippen molar-refractivity contribution in [3.8, 4) is 0 Å². The lowest BCUT2D eigenvalue weighted by Crippen LogP contribution is -2.23. The van der Waals surface area contributed by atoms with Gasteiger partial charge in [0, 0.05) is 11.6 Å². The van der Waals surface area contributed by atoms with Crippen LogP contribution in [-0.2, 0) is 4.79 Å². The van der Waals surface area contributed by atoms with Gasteiger partial charge in [0.25, 0.3) is 5.91 Å². The van der Waals surface area contributed by atoms with Crippen LogP contribution < -0.4 is 11.1 Å². The van der Waals surface area contributed by atoms with Crippen molar-refractivity contribution in [2.75, 3.05) is 5.32 Å². The van der Waals surface area contributed by atoms with E-state index in [1.54, 1.807) is 0 Å². The first kappa shape index (κ1) is 16.1. The van der Waals surface area contributed by atoms with E-state index in [4.69, 9.17) is 5.73 Å². The van der Waals surface area contributed by atoms with Crippen LogP contribution in [-0.4, -0.2) is 11.8 Å². The normalized spacial score (nSPS) is 11.9. The Morgan fingerprint density at radius 1 is 1.35 bits per heavy atom. The number of carbonyl (C=O) groups excluding carboxylic acids is 2. The van der Waals surface area contributed by atoms with E-state index in [2.05, 4.69) is 12.2 Å². The molecule has 1 unspecified atom stereocenters. The molecule has 110 valence electrons. The molecule has 0 aliphatic heterocycles. The second-order valence-electron chi connectivity index (χ2n) is 4.80. The zero-order chi connectivity index (χ0) is 15.1. The van der Waals surface area contributed by atoms with Gasteiger partial charge >= 0.3 is 0 Å². The summed E-state index contributed by atoms with van der Waals surface area (Å²) in [5, 5.41) is 2.71. The lowest BCUT2D eigenvalue weighted by Gasteiger charge is -2.15. The Morgan fingerprint density at radius 3 is 2.60 bits per heavy atom. The molecule has 0 aliphatic carbocycles. The van der Waals surface area contributed by atoms with Gasteiger partial charge in [0.05, 0.1) is 5.56 Å². The Kier molecular flexibility index (Phi) is 6.15. The Balaban J connectivity index is 2.79. The van der Waals surface area contributed by atoms with Gasteiger partial charge in [-0.1, -0.05) is 26.7 Å². The number of carbonyl (C=O) groups is 2. The molecule has 20 heavy (non-hydrogen) atoms. The first-order valence-electron chi connectivity index (χ1n) is 6.89. The minimum absolute atomic E-state index is 0.0722. The molecule has 1 aromatic carbocycles. The summed E-state index contributed by atoms with van der Waals surface area (Å²) in [4.78, 5) is 23.2. The maximum absolute atomic E-state index is 13.3. The van der Waals surface area contributed by atoms with Gasteiger partial charge in [0.2, 0.25) is 5.91 Å². The summed E-state index contributed by atoms with van der Waals surface area (Å²) in [5.41, 5.74) is 5.25. The maximum atomic E-state index is 13.3. The molecular formula is C15H21FN2O2. The molecule has 0 aliphatic rings. The van der Waals surface area contributed by atoms with E-state index in [-0.39, 0.29) is 17.4 Å². The summed E-state index contributed by atoms with van der Waals surface area (Å²) in [6, 6.07) is 3.82. The fourth-order valence-corrected chi connectivity index (χ4v) is 2.01. The predicted octanol–water partition coefficient (Wildman–Crippen LogP) is 3.08. The van der Waals surface area contributed by atoms with Gasteiger partial charge in [-0.15, -0.1) is 0 Å². The van der Waals surface area contributed by atoms with Crippen LogP contribution in [0.1, 0.15) is 49.9 Å². The van der Waals surface area contributed by atoms with E-state index in [1.165, 1.54) is 12.1 Å². The van der Waals surface area contributed by atoms with E-state index in [0.29, 0.717) is 5.69 Å². The van der Waals surface area contributed by atoms with Crippen LogP contribution in [0.2, 0.25) is 0 Å². The Labute approximate surface area is 118 Å². The molecule has 2 amide bonds. The fourth-order valence-electron chi connectivity index (χ4n) is 2.01. The van der Waals surface area contributed by atoms with E-state index < -0.39 is 11.7 Å². The van der Waals surface area contributed by atoms with Crippen LogP contribution in [0.25, 0.3) is 0 Å². The number of hydrogen-bond acceptors (Lipinski definition) is 2. The van der Waals surface area contributed by atoms with Crippen LogP contribution in [0.5, 0.6) is 0 Å². The molecule has 0 saturated heterocycles. The summed E-state index contributed by atoms with van der Waals surface area (Å²) in [6.07, 6.45) is 3.59. The van der Waals surface area contributed by atoms with Crippen molar-refractivity contribution in [2.24, 2.45) is 11.7 Å². The topological polar surface area (TPSA) is 72.2 Å². The number of nitrogens with one attached hydrogen (secondary N) is 1. The maximum Gasteiger partial charge on any atom is 0.251 e. The first-order chi connectivity index (χ1) is 9.49. The van der Waals surface area contributed by atoms with Crippen LogP contribution in [0, 0.1) is 11.7 Å². The highest BCUT2D eigenvalue weighted by Crippen LogP contribution is 2.18. The fraction of sp³-hybridized carbons (Fsp3) is 0.467. The van der Waals surface area contributed by atoms with Crippen molar-refractivity contribution in [2.45, 2.75) is 39.5 Å². The number of nitrogens with two attached hydrogens (primary N) is 1. The van der Waals surface area contributed by atoms with E-state index in [9.17, 15) is 14.0 Å². The SMILES string of the molecule is CCCCC(CC)C(=O)Nc1ccc(F)c(C(N)=O)c1. The minimum Gasteiger partial charge on any atom is -0.366 e. The lowest BCUT2D eigenvalue weighted by molar-refractivity contribution is -0.120. The number of anilines is 1. The third-order valence-corrected chi connectivity index (χ3v) is 3.27. The summed E-state index contributed by atoms with van der Waals surface area (Å²) in [5.74, 6) is -1.72. The summed E-state index contributed by atoms with van der Waals surface area (Å²) >= 11 is 0. The molecule has 0 saturated carbocycles. The molecular weight excluding hydrogens is 259 g/mol. The quantitative estimate of drug-likeness (QED) is 0.805. The van der Waals surface area contributed by atoms with Crippen molar-refractivity contribution in [3.05, 3.63) is 29.6 Å². The van der Waals surface area contributed by atoms with Gasteiger partial charge in [0.1, 0.15) is 5.82 Å². The molecule has 1 atom stereocenters. The molecule has 5 heteroatoms. The Morgan fingerprint density at radius 2 is 2.05 bits per heavy atom. The lowest BCUT2D eigenvalue weighted by atomic mass is 9.98. The molecule has 4 nitrogen and oxygen atoms in total. The number of benzene rings is 1. The summed E-state index contributed by atoms with van der Waals surface area (Å²) in [7, 11) is 0. The molecule has 0 spiro atoms. The van der Waals surface area contributed by atoms with Gasteiger partial charge in [-0.05, 0) is 31.0 Å². The van der Waals surface area contributed by atoms with Crippen molar-refractivity contribution in [1.29, 1.82) is 0 Å². The molecule has 0 aromatic heterocycles. The van der Waals surface area contributed by atoms with Gasteiger partial charge in [-0.25, -0.2) is 4.39 Å². The summed E-state index contributed by atoms with van der Waals surface area (Å²) < 4.78 is 13.3. The molecule has 0 bridgehead atoms. The smallest absolute Gasteiger partial charge is 0.251 e. The van der Waals surface area contributed by atoms with Crippen LogP contribution in [0.15, 0.2) is 18.2 Å². The number of rotatable bonds is 7. The monoisotopic (exact) mass is 280 g/mol. The molecule has 0 radical (unpaired) electrons. The van der Waals surface area contributed by atoms with E-state index in [0.717, 1.165) is 31.7 Å². The standard InChI is InChI=1S/C15H21FN2O2/c1-3-5-6-10(4-2)15(20)18-11-7-8-13(16)12(9-11)14(17)19/h7-10H,3-6H2,1-2H3,(H2,17,19)(H,18,20). The summed E-state index contributed by atoms with van der Waals surface area (Å²) in [6.45, 7) is 4.03. The van der Waals surface area contributed by atoms with Gasteiger partial charge in [0.15, 0.2) is 0 Å². The van der Waals surface area contributed by atoms with E-state index >= 15 is 0 Å². The number of unbranched alkanes of at least 4 members (excludes halogenated alkanes) is 1. The average Bonchev–Trinajstić information content (AvgIpc) is 2.41. The third-order valence-electron chi connectivity index (χ3n) is 3.27. The minimum atomic E-state index is -0.850.